The van der Waals surface area contributed by atoms with E-state index in [0.29, 0.717) is 27.1 Å². The second kappa shape index (κ2) is 3.80. The van der Waals surface area contributed by atoms with Crippen molar-refractivity contribution < 1.29 is 9.47 Å². The summed E-state index contributed by atoms with van der Waals surface area (Å²) < 4.78 is 10.4. The summed E-state index contributed by atoms with van der Waals surface area (Å²) in [6.07, 6.45) is 0. The number of fused-ring (bicyclic) bond motifs is 1. The highest BCUT2D eigenvalue weighted by Crippen LogP contribution is 2.46. The molecule has 1 aromatic carbocycles. The number of nitriles is 1. The van der Waals surface area contributed by atoms with Gasteiger partial charge in [-0.25, -0.2) is 0 Å². The van der Waals surface area contributed by atoms with Gasteiger partial charge in [-0.05, 0) is 6.92 Å². The SMILES string of the molecule is CC(C#N)c1c(Cl)cc2c(c1Cl)OCO2. The number of hydrogen-bond donors (Lipinski definition) is 0. The average Bonchev–Trinajstić information content (AvgIpc) is 2.65. The standard InChI is InChI=1S/C10H7Cl2NO2/c1-5(3-13)8-6(11)2-7-10(9(8)12)15-4-14-7/h2,5H,4H2,1H3. The molecule has 2 rings (SSSR count). The molecule has 0 saturated heterocycles. The Hall–Kier alpha value is -1.11. The van der Waals surface area contributed by atoms with Gasteiger partial charge in [-0.1, -0.05) is 23.2 Å². The molecule has 1 atom stereocenters. The summed E-state index contributed by atoms with van der Waals surface area (Å²) in [5, 5.41) is 9.64. The van der Waals surface area contributed by atoms with Crippen LogP contribution in [0.25, 0.3) is 0 Å². The molecule has 15 heavy (non-hydrogen) atoms. The molecule has 78 valence electrons. The van der Waals surface area contributed by atoms with Gasteiger partial charge in [0.2, 0.25) is 6.79 Å². The largest absolute Gasteiger partial charge is 0.453 e. The van der Waals surface area contributed by atoms with Crippen LogP contribution in [-0.4, -0.2) is 6.79 Å². The molecule has 1 aromatic rings. The van der Waals surface area contributed by atoms with E-state index < -0.39 is 0 Å². The van der Waals surface area contributed by atoms with E-state index in [4.69, 9.17) is 37.9 Å². The van der Waals surface area contributed by atoms with Crippen LogP contribution < -0.4 is 9.47 Å². The summed E-state index contributed by atoms with van der Waals surface area (Å²) in [5.74, 6) is 0.622. The van der Waals surface area contributed by atoms with E-state index in [1.54, 1.807) is 13.0 Å². The highest BCUT2D eigenvalue weighted by atomic mass is 35.5. The first kappa shape index (κ1) is 10.4. The highest BCUT2D eigenvalue weighted by Gasteiger charge is 2.25. The fourth-order valence-corrected chi connectivity index (χ4v) is 2.27. The molecule has 0 aromatic heterocycles. The van der Waals surface area contributed by atoms with Crippen molar-refractivity contribution in [2.75, 3.05) is 6.79 Å². The lowest BCUT2D eigenvalue weighted by molar-refractivity contribution is 0.174. The monoisotopic (exact) mass is 243 g/mol. The number of ether oxygens (including phenoxy) is 2. The van der Waals surface area contributed by atoms with Crippen LogP contribution >= 0.6 is 23.2 Å². The minimum absolute atomic E-state index is 0.135. The smallest absolute Gasteiger partial charge is 0.231 e. The molecule has 1 unspecified atom stereocenters. The van der Waals surface area contributed by atoms with E-state index in [0.717, 1.165) is 0 Å². The normalized spacial score (nSPS) is 14.8. The van der Waals surface area contributed by atoms with Crippen LogP contribution in [-0.2, 0) is 0 Å². The van der Waals surface area contributed by atoms with Gasteiger partial charge in [0, 0.05) is 11.6 Å². The first-order valence-corrected chi connectivity index (χ1v) is 5.08. The molecule has 0 amide bonds. The van der Waals surface area contributed by atoms with E-state index in [1.165, 1.54) is 0 Å². The number of halogens is 2. The molecule has 0 N–H and O–H groups in total. The Morgan fingerprint density at radius 2 is 2.20 bits per heavy atom. The predicted octanol–water partition coefficient (Wildman–Crippen LogP) is 3.35. The van der Waals surface area contributed by atoms with Crippen molar-refractivity contribution in [3.63, 3.8) is 0 Å². The molecule has 0 aliphatic carbocycles. The topological polar surface area (TPSA) is 42.2 Å². The molecule has 1 heterocycles. The summed E-state index contributed by atoms with van der Waals surface area (Å²) in [6, 6.07) is 3.71. The summed E-state index contributed by atoms with van der Waals surface area (Å²) in [5.41, 5.74) is 0.588. The molecule has 1 aliphatic rings. The zero-order chi connectivity index (χ0) is 11.0. The average molecular weight is 244 g/mol. The lowest BCUT2D eigenvalue weighted by Gasteiger charge is -2.10. The van der Waals surface area contributed by atoms with Gasteiger partial charge < -0.3 is 9.47 Å². The Balaban J connectivity index is 2.62. The van der Waals surface area contributed by atoms with Crippen molar-refractivity contribution in [2.24, 2.45) is 0 Å². The van der Waals surface area contributed by atoms with Crippen LogP contribution in [0.1, 0.15) is 18.4 Å². The van der Waals surface area contributed by atoms with E-state index in [9.17, 15) is 0 Å². The summed E-state index contributed by atoms with van der Waals surface area (Å²) in [7, 11) is 0. The summed E-state index contributed by atoms with van der Waals surface area (Å²) in [6.45, 7) is 1.87. The lowest BCUT2D eigenvalue weighted by Crippen LogP contribution is -1.94. The zero-order valence-corrected chi connectivity index (χ0v) is 9.39. The van der Waals surface area contributed by atoms with E-state index in [2.05, 4.69) is 6.07 Å². The number of benzene rings is 1. The van der Waals surface area contributed by atoms with Crippen LogP contribution in [0.3, 0.4) is 0 Å². The fourth-order valence-electron chi connectivity index (χ4n) is 1.45. The molecule has 0 spiro atoms. The second-order valence-corrected chi connectivity index (χ2v) is 3.96. The Kier molecular flexibility index (Phi) is 2.64. The lowest BCUT2D eigenvalue weighted by atomic mass is 10.0. The van der Waals surface area contributed by atoms with E-state index >= 15 is 0 Å². The van der Waals surface area contributed by atoms with Gasteiger partial charge >= 0.3 is 0 Å². The third-order valence-electron chi connectivity index (χ3n) is 2.22. The van der Waals surface area contributed by atoms with Gasteiger partial charge in [-0.2, -0.15) is 5.26 Å². The van der Waals surface area contributed by atoms with Crippen molar-refractivity contribution in [3.05, 3.63) is 21.7 Å². The van der Waals surface area contributed by atoms with Crippen molar-refractivity contribution in [3.8, 4) is 17.6 Å². The van der Waals surface area contributed by atoms with Gasteiger partial charge in [-0.3, -0.25) is 0 Å². The minimum Gasteiger partial charge on any atom is -0.453 e. The van der Waals surface area contributed by atoms with Gasteiger partial charge in [0.25, 0.3) is 0 Å². The van der Waals surface area contributed by atoms with Crippen LogP contribution in [0, 0.1) is 11.3 Å². The van der Waals surface area contributed by atoms with Crippen LogP contribution in [0.5, 0.6) is 11.5 Å². The van der Waals surface area contributed by atoms with E-state index in [1.807, 2.05) is 0 Å². The first-order valence-electron chi connectivity index (χ1n) is 4.32. The Morgan fingerprint density at radius 3 is 2.87 bits per heavy atom. The molecule has 1 aliphatic heterocycles. The van der Waals surface area contributed by atoms with Crippen LogP contribution in [0.2, 0.25) is 10.0 Å². The van der Waals surface area contributed by atoms with Gasteiger partial charge in [-0.15, -0.1) is 0 Å². The summed E-state index contributed by atoms with van der Waals surface area (Å²) in [4.78, 5) is 0. The second-order valence-electron chi connectivity index (χ2n) is 3.17. The summed E-state index contributed by atoms with van der Waals surface area (Å²) >= 11 is 12.1. The minimum atomic E-state index is -0.375. The predicted molar refractivity (Wildman–Crippen MR) is 56.6 cm³/mol. The van der Waals surface area contributed by atoms with Crippen molar-refractivity contribution in [1.82, 2.24) is 0 Å². The van der Waals surface area contributed by atoms with Crippen LogP contribution in [0.4, 0.5) is 0 Å². The molecular formula is C10H7Cl2NO2. The maximum atomic E-state index is 8.85. The molecule has 0 radical (unpaired) electrons. The fraction of sp³-hybridized carbons (Fsp3) is 0.300. The molecule has 3 nitrogen and oxygen atoms in total. The van der Waals surface area contributed by atoms with Crippen LogP contribution in [0.15, 0.2) is 6.07 Å². The van der Waals surface area contributed by atoms with Gasteiger partial charge in [0.15, 0.2) is 11.5 Å². The Bertz CT molecular complexity index is 454. The molecular weight excluding hydrogens is 237 g/mol. The molecule has 0 bridgehead atoms. The zero-order valence-electron chi connectivity index (χ0n) is 7.88. The third kappa shape index (κ3) is 1.60. The first-order chi connectivity index (χ1) is 7.15. The Labute approximate surface area is 97.1 Å². The third-order valence-corrected chi connectivity index (χ3v) is 2.91. The number of rotatable bonds is 1. The van der Waals surface area contributed by atoms with E-state index in [-0.39, 0.29) is 12.7 Å². The Morgan fingerprint density at radius 1 is 1.47 bits per heavy atom. The van der Waals surface area contributed by atoms with Gasteiger partial charge in [0.1, 0.15) is 0 Å². The van der Waals surface area contributed by atoms with Crippen molar-refractivity contribution in [1.29, 1.82) is 5.26 Å². The van der Waals surface area contributed by atoms with Crippen molar-refractivity contribution >= 4 is 23.2 Å². The highest BCUT2D eigenvalue weighted by molar-refractivity contribution is 6.37. The molecule has 0 fully saturated rings. The molecule has 0 saturated carbocycles. The quantitative estimate of drug-likeness (QED) is 0.760. The van der Waals surface area contributed by atoms with Crippen molar-refractivity contribution in [2.45, 2.75) is 12.8 Å². The van der Waals surface area contributed by atoms with Gasteiger partial charge in [0.05, 0.1) is 22.0 Å². The number of nitrogens with zero attached hydrogens (tertiary/aromatic N) is 1. The maximum Gasteiger partial charge on any atom is 0.231 e. The maximum absolute atomic E-state index is 8.85. The number of hydrogen-bond acceptors (Lipinski definition) is 3. The molecule has 5 heteroatoms.